The van der Waals surface area contributed by atoms with Gasteiger partial charge in [-0.05, 0) is 33.1 Å². The third-order valence-corrected chi connectivity index (χ3v) is 1.59. The van der Waals surface area contributed by atoms with E-state index in [-0.39, 0.29) is 0 Å². The molecular formula is C8H17F3N2. The number of rotatable bonds is 6. The topological polar surface area (TPSA) is 15.3 Å². The number of alkyl halides is 3. The molecule has 5 heteroatoms. The monoisotopic (exact) mass is 198 g/mol. The molecule has 80 valence electrons. The van der Waals surface area contributed by atoms with Crippen molar-refractivity contribution in [2.75, 3.05) is 33.2 Å². The Morgan fingerprint density at radius 1 is 1.31 bits per heavy atom. The van der Waals surface area contributed by atoms with E-state index in [1.807, 2.05) is 6.92 Å². The van der Waals surface area contributed by atoms with Crippen LogP contribution in [0.15, 0.2) is 0 Å². The molecule has 0 heterocycles. The Bertz CT molecular complexity index is 125. The molecule has 0 fully saturated rings. The summed E-state index contributed by atoms with van der Waals surface area (Å²) in [6.45, 7) is 3.27. The molecule has 0 aliphatic heterocycles. The van der Waals surface area contributed by atoms with Gasteiger partial charge in [-0.25, -0.2) is 0 Å². The van der Waals surface area contributed by atoms with Crippen LogP contribution < -0.4 is 5.32 Å². The number of hydrogen-bond acceptors (Lipinski definition) is 2. The molecule has 0 saturated heterocycles. The van der Waals surface area contributed by atoms with Gasteiger partial charge in [0.05, 0.1) is 6.54 Å². The van der Waals surface area contributed by atoms with E-state index in [4.69, 9.17) is 0 Å². The summed E-state index contributed by atoms with van der Waals surface area (Å²) in [5.74, 6) is 0. The minimum absolute atomic E-state index is 0.479. The molecular weight excluding hydrogens is 181 g/mol. The molecule has 0 aromatic rings. The summed E-state index contributed by atoms with van der Waals surface area (Å²) in [6.07, 6.45) is -3.33. The Balaban J connectivity index is 3.35. The van der Waals surface area contributed by atoms with E-state index in [1.54, 1.807) is 0 Å². The fraction of sp³-hybridized carbons (Fsp3) is 1.00. The molecule has 0 aliphatic rings. The first kappa shape index (κ1) is 12.7. The summed E-state index contributed by atoms with van der Waals surface area (Å²) in [5, 5.41) is 3.06. The molecule has 0 radical (unpaired) electrons. The van der Waals surface area contributed by atoms with Crippen molar-refractivity contribution in [3.63, 3.8) is 0 Å². The van der Waals surface area contributed by atoms with Gasteiger partial charge < -0.3 is 5.32 Å². The minimum Gasteiger partial charge on any atom is -0.317 e. The summed E-state index contributed by atoms with van der Waals surface area (Å²) in [4.78, 5) is 1.29. The molecule has 0 aliphatic carbocycles. The van der Waals surface area contributed by atoms with Crippen LogP contribution in [0.2, 0.25) is 0 Å². The fourth-order valence-corrected chi connectivity index (χ4v) is 1.04. The maximum Gasteiger partial charge on any atom is 0.401 e. The Labute approximate surface area is 77.1 Å². The van der Waals surface area contributed by atoms with Gasteiger partial charge in [-0.2, -0.15) is 13.2 Å². The lowest BCUT2D eigenvalue weighted by atomic mass is 10.4. The summed E-state index contributed by atoms with van der Waals surface area (Å²) < 4.78 is 35.5. The number of nitrogens with one attached hydrogen (secondary N) is 1. The lowest BCUT2D eigenvalue weighted by Gasteiger charge is -2.18. The molecule has 2 nitrogen and oxygen atoms in total. The molecule has 0 amide bonds. The van der Waals surface area contributed by atoms with Crippen molar-refractivity contribution in [2.45, 2.75) is 19.5 Å². The number of hydrogen-bond donors (Lipinski definition) is 1. The predicted molar refractivity (Wildman–Crippen MR) is 46.7 cm³/mol. The largest absolute Gasteiger partial charge is 0.401 e. The van der Waals surface area contributed by atoms with Crippen molar-refractivity contribution in [2.24, 2.45) is 0 Å². The van der Waals surface area contributed by atoms with Crippen LogP contribution in [0.3, 0.4) is 0 Å². The molecule has 0 spiro atoms. The Hall–Kier alpha value is -0.290. The quantitative estimate of drug-likeness (QED) is 0.650. The van der Waals surface area contributed by atoms with Crippen molar-refractivity contribution in [3.8, 4) is 0 Å². The SMILES string of the molecule is CCNCCCN(C)CC(F)(F)F. The Morgan fingerprint density at radius 3 is 2.38 bits per heavy atom. The van der Waals surface area contributed by atoms with E-state index in [0.717, 1.165) is 19.5 Å². The van der Waals surface area contributed by atoms with Gasteiger partial charge in [0.1, 0.15) is 0 Å². The summed E-state index contributed by atoms with van der Waals surface area (Å²) >= 11 is 0. The molecule has 13 heavy (non-hydrogen) atoms. The van der Waals surface area contributed by atoms with Crippen molar-refractivity contribution < 1.29 is 13.2 Å². The van der Waals surface area contributed by atoms with E-state index in [9.17, 15) is 13.2 Å². The van der Waals surface area contributed by atoms with Gasteiger partial charge in [0.25, 0.3) is 0 Å². The standard InChI is InChI=1S/C8H17F3N2/c1-3-12-5-4-6-13(2)7-8(9,10)11/h12H,3-7H2,1-2H3. The summed E-state index contributed by atoms with van der Waals surface area (Å²) in [6, 6.07) is 0. The van der Waals surface area contributed by atoms with Gasteiger partial charge in [-0.15, -0.1) is 0 Å². The van der Waals surface area contributed by atoms with E-state index in [1.165, 1.54) is 11.9 Å². The summed E-state index contributed by atoms with van der Waals surface area (Å²) in [5.41, 5.74) is 0. The van der Waals surface area contributed by atoms with Crippen LogP contribution in [-0.4, -0.2) is 44.3 Å². The molecule has 0 atom stereocenters. The average Bonchev–Trinajstić information content (AvgIpc) is 1.94. The summed E-state index contributed by atoms with van der Waals surface area (Å²) in [7, 11) is 1.49. The van der Waals surface area contributed by atoms with Gasteiger partial charge in [-0.1, -0.05) is 6.92 Å². The van der Waals surface area contributed by atoms with Crippen molar-refractivity contribution in [1.82, 2.24) is 10.2 Å². The van der Waals surface area contributed by atoms with Crippen LogP contribution in [0.1, 0.15) is 13.3 Å². The van der Waals surface area contributed by atoms with Crippen LogP contribution in [-0.2, 0) is 0 Å². The average molecular weight is 198 g/mol. The van der Waals surface area contributed by atoms with Gasteiger partial charge in [0.15, 0.2) is 0 Å². The van der Waals surface area contributed by atoms with Crippen LogP contribution in [0, 0.1) is 0 Å². The molecule has 1 N–H and O–H groups in total. The normalized spacial score (nSPS) is 12.5. The van der Waals surface area contributed by atoms with E-state index >= 15 is 0 Å². The van der Waals surface area contributed by atoms with E-state index in [0.29, 0.717) is 6.54 Å². The predicted octanol–water partition coefficient (Wildman–Crippen LogP) is 1.48. The van der Waals surface area contributed by atoms with E-state index < -0.39 is 12.7 Å². The minimum atomic E-state index is -4.08. The number of nitrogens with zero attached hydrogens (tertiary/aromatic N) is 1. The lowest BCUT2D eigenvalue weighted by molar-refractivity contribution is -0.143. The Morgan fingerprint density at radius 2 is 1.92 bits per heavy atom. The maximum atomic E-state index is 11.8. The molecule has 0 aromatic heterocycles. The lowest BCUT2D eigenvalue weighted by Crippen LogP contribution is -2.32. The van der Waals surface area contributed by atoms with Crippen molar-refractivity contribution in [1.29, 1.82) is 0 Å². The highest BCUT2D eigenvalue weighted by atomic mass is 19.4. The van der Waals surface area contributed by atoms with Crippen LogP contribution in [0.25, 0.3) is 0 Å². The zero-order chi connectivity index (χ0) is 10.3. The first-order valence-electron chi connectivity index (χ1n) is 4.41. The zero-order valence-electron chi connectivity index (χ0n) is 8.12. The van der Waals surface area contributed by atoms with Gasteiger partial charge >= 0.3 is 6.18 Å². The van der Waals surface area contributed by atoms with Gasteiger partial charge in [0.2, 0.25) is 0 Å². The van der Waals surface area contributed by atoms with E-state index in [2.05, 4.69) is 5.32 Å². The Kier molecular flexibility index (Phi) is 6.07. The maximum absolute atomic E-state index is 11.8. The second kappa shape index (κ2) is 6.21. The second-order valence-electron chi connectivity index (χ2n) is 3.06. The van der Waals surface area contributed by atoms with Crippen LogP contribution in [0.5, 0.6) is 0 Å². The third kappa shape index (κ3) is 9.63. The highest BCUT2D eigenvalue weighted by Gasteiger charge is 2.28. The smallest absolute Gasteiger partial charge is 0.317 e. The molecule has 0 bridgehead atoms. The van der Waals surface area contributed by atoms with Crippen LogP contribution in [0.4, 0.5) is 13.2 Å². The third-order valence-electron chi connectivity index (χ3n) is 1.59. The first-order valence-corrected chi connectivity index (χ1v) is 4.41. The highest BCUT2D eigenvalue weighted by Crippen LogP contribution is 2.15. The van der Waals surface area contributed by atoms with Gasteiger partial charge in [-0.3, -0.25) is 4.90 Å². The highest BCUT2D eigenvalue weighted by molar-refractivity contribution is 4.59. The molecule has 0 unspecified atom stereocenters. The van der Waals surface area contributed by atoms with Crippen molar-refractivity contribution >= 4 is 0 Å². The fourth-order valence-electron chi connectivity index (χ4n) is 1.04. The second-order valence-corrected chi connectivity index (χ2v) is 3.06. The molecule has 0 rings (SSSR count). The molecule has 0 aromatic carbocycles. The van der Waals surface area contributed by atoms with Crippen molar-refractivity contribution in [3.05, 3.63) is 0 Å². The molecule has 0 saturated carbocycles. The number of halogens is 3. The van der Waals surface area contributed by atoms with Crippen LogP contribution >= 0.6 is 0 Å². The zero-order valence-corrected chi connectivity index (χ0v) is 8.12. The first-order chi connectivity index (χ1) is 5.95. The van der Waals surface area contributed by atoms with Gasteiger partial charge in [0, 0.05) is 0 Å².